The number of benzene rings is 1. The zero-order valence-corrected chi connectivity index (χ0v) is 12.7. The lowest BCUT2D eigenvalue weighted by atomic mass is 9.96. The molecule has 0 amide bonds. The minimum atomic E-state index is 0.702. The number of ether oxygens (including phenoxy) is 1. The van der Waals surface area contributed by atoms with Crippen LogP contribution in [0.4, 0.5) is 0 Å². The van der Waals surface area contributed by atoms with Crippen molar-refractivity contribution in [1.29, 1.82) is 0 Å². The average Bonchev–Trinajstić information content (AvgIpc) is 2.50. The fourth-order valence-corrected chi connectivity index (χ4v) is 2.90. The van der Waals surface area contributed by atoms with Crippen molar-refractivity contribution in [3.63, 3.8) is 0 Å². The van der Waals surface area contributed by atoms with Crippen LogP contribution in [0.15, 0.2) is 24.3 Å². The highest BCUT2D eigenvalue weighted by Crippen LogP contribution is 2.19. The second-order valence-corrected chi connectivity index (χ2v) is 5.75. The highest BCUT2D eigenvalue weighted by Gasteiger charge is 2.17. The largest absolute Gasteiger partial charge is 0.492 e. The molecule has 1 unspecified atom stereocenters. The molecule has 0 aromatic heterocycles. The van der Waals surface area contributed by atoms with Gasteiger partial charge in [0.2, 0.25) is 0 Å². The molecule has 0 radical (unpaired) electrons. The topological polar surface area (TPSA) is 38.5 Å². The third-order valence-corrected chi connectivity index (χ3v) is 4.21. The van der Waals surface area contributed by atoms with Crippen LogP contribution in [0.2, 0.25) is 0 Å². The molecule has 0 saturated carbocycles. The molecule has 2 rings (SSSR count). The second kappa shape index (κ2) is 8.28. The summed E-state index contributed by atoms with van der Waals surface area (Å²) in [5.74, 6) is 1.86. The molecule has 2 N–H and O–H groups in total. The van der Waals surface area contributed by atoms with Crippen molar-refractivity contribution in [3.8, 4) is 5.75 Å². The normalized spacial score (nSPS) is 20.0. The Kier molecular flexibility index (Phi) is 6.34. The van der Waals surface area contributed by atoms with E-state index in [2.05, 4.69) is 36.1 Å². The van der Waals surface area contributed by atoms with Gasteiger partial charge in [0.15, 0.2) is 0 Å². The SMILES string of the molecule is CCC1CCCN(CCOc2ccc(CCN)cc2)C1. The lowest BCUT2D eigenvalue weighted by molar-refractivity contribution is 0.145. The van der Waals surface area contributed by atoms with Crippen LogP contribution in [0.1, 0.15) is 31.7 Å². The first-order valence-electron chi connectivity index (χ1n) is 7.96. The van der Waals surface area contributed by atoms with Crippen LogP contribution in [0.3, 0.4) is 0 Å². The molecule has 1 aliphatic heterocycles. The smallest absolute Gasteiger partial charge is 0.119 e. The lowest BCUT2D eigenvalue weighted by Gasteiger charge is -2.32. The summed E-state index contributed by atoms with van der Waals surface area (Å²) in [6.07, 6.45) is 4.98. The highest BCUT2D eigenvalue weighted by molar-refractivity contribution is 5.27. The van der Waals surface area contributed by atoms with Crippen LogP contribution in [-0.4, -0.2) is 37.7 Å². The fraction of sp³-hybridized carbons (Fsp3) is 0.647. The predicted molar refractivity (Wildman–Crippen MR) is 84.2 cm³/mol. The monoisotopic (exact) mass is 276 g/mol. The summed E-state index contributed by atoms with van der Waals surface area (Å²) < 4.78 is 5.84. The quantitative estimate of drug-likeness (QED) is 0.832. The van der Waals surface area contributed by atoms with Crippen molar-refractivity contribution >= 4 is 0 Å². The van der Waals surface area contributed by atoms with Crippen LogP contribution < -0.4 is 10.5 Å². The molecule has 1 aliphatic rings. The molecule has 1 aromatic carbocycles. The number of piperidine rings is 1. The Bertz CT molecular complexity index is 377. The second-order valence-electron chi connectivity index (χ2n) is 5.75. The first-order chi connectivity index (χ1) is 9.81. The van der Waals surface area contributed by atoms with Gasteiger partial charge in [-0.25, -0.2) is 0 Å². The van der Waals surface area contributed by atoms with Gasteiger partial charge in [0.25, 0.3) is 0 Å². The number of nitrogens with zero attached hydrogens (tertiary/aromatic N) is 1. The summed E-state index contributed by atoms with van der Waals surface area (Å²) >= 11 is 0. The molecule has 20 heavy (non-hydrogen) atoms. The zero-order valence-electron chi connectivity index (χ0n) is 12.7. The van der Waals surface area contributed by atoms with Crippen LogP contribution in [-0.2, 0) is 6.42 Å². The van der Waals surface area contributed by atoms with Crippen molar-refractivity contribution in [2.75, 3.05) is 32.8 Å². The molecule has 1 aromatic rings. The van der Waals surface area contributed by atoms with E-state index in [4.69, 9.17) is 10.5 Å². The fourth-order valence-electron chi connectivity index (χ4n) is 2.90. The van der Waals surface area contributed by atoms with Crippen LogP contribution >= 0.6 is 0 Å². The summed E-state index contributed by atoms with van der Waals surface area (Å²) in [4.78, 5) is 2.54. The van der Waals surface area contributed by atoms with Gasteiger partial charge in [-0.15, -0.1) is 0 Å². The predicted octanol–water partition coefficient (Wildman–Crippen LogP) is 2.69. The van der Waals surface area contributed by atoms with E-state index < -0.39 is 0 Å². The summed E-state index contributed by atoms with van der Waals surface area (Å²) in [6, 6.07) is 8.32. The van der Waals surface area contributed by atoms with Gasteiger partial charge < -0.3 is 10.5 Å². The number of hydrogen-bond donors (Lipinski definition) is 1. The Morgan fingerprint density at radius 1 is 1.30 bits per heavy atom. The number of likely N-dealkylation sites (tertiary alicyclic amines) is 1. The van der Waals surface area contributed by atoms with Crippen LogP contribution in [0.25, 0.3) is 0 Å². The average molecular weight is 276 g/mol. The van der Waals surface area contributed by atoms with Crippen molar-refractivity contribution in [2.45, 2.75) is 32.6 Å². The molecule has 3 heteroatoms. The first kappa shape index (κ1) is 15.3. The zero-order chi connectivity index (χ0) is 14.2. The van der Waals surface area contributed by atoms with Gasteiger partial charge in [-0.05, 0) is 56.0 Å². The maximum Gasteiger partial charge on any atom is 0.119 e. The first-order valence-corrected chi connectivity index (χ1v) is 7.96. The summed E-state index contributed by atoms with van der Waals surface area (Å²) in [5.41, 5.74) is 6.83. The standard InChI is InChI=1S/C17H28N2O/c1-2-15-4-3-11-19(14-15)12-13-20-17-7-5-16(6-8-17)9-10-18/h5-8,15H,2-4,9-14,18H2,1H3. The van der Waals surface area contributed by atoms with Gasteiger partial charge in [-0.1, -0.05) is 25.5 Å². The Morgan fingerprint density at radius 2 is 2.10 bits per heavy atom. The highest BCUT2D eigenvalue weighted by atomic mass is 16.5. The molecular formula is C17H28N2O. The Hall–Kier alpha value is -1.06. The number of rotatable bonds is 7. The van der Waals surface area contributed by atoms with Gasteiger partial charge in [0, 0.05) is 13.1 Å². The van der Waals surface area contributed by atoms with E-state index in [-0.39, 0.29) is 0 Å². The molecule has 112 valence electrons. The molecule has 0 aliphatic carbocycles. The van der Waals surface area contributed by atoms with Crippen LogP contribution in [0.5, 0.6) is 5.75 Å². The molecule has 1 saturated heterocycles. The third kappa shape index (κ3) is 4.80. The molecule has 3 nitrogen and oxygen atoms in total. The van der Waals surface area contributed by atoms with Gasteiger partial charge in [-0.3, -0.25) is 4.90 Å². The minimum absolute atomic E-state index is 0.702. The maximum absolute atomic E-state index is 5.84. The Balaban J connectivity index is 1.69. The van der Waals surface area contributed by atoms with E-state index in [0.717, 1.165) is 31.2 Å². The van der Waals surface area contributed by atoms with Crippen molar-refractivity contribution in [3.05, 3.63) is 29.8 Å². The minimum Gasteiger partial charge on any atom is -0.492 e. The van der Waals surface area contributed by atoms with E-state index in [0.29, 0.717) is 6.54 Å². The lowest BCUT2D eigenvalue weighted by Crippen LogP contribution is -2.37. The van der Waals surface area contributed by atoms with Gasteiger partial charge in [0.05, 0.1) is 0 Å². The summed E-state index contributed by atoms with van der Waals surface area (Å²) in [6.45, 7) is 7.31. The molecule has 0 spiro atoms. The van der Waals surface area contributed by atoms with E-state index in [9.17, 15) is 0 Å². The molecule has 0 bridgehead atoms. The van der Waals surface area contributed by atoms with E-state index in [1.165, 1.54) is 37.9 Å². The van der Waals surface area contributed by atoms with Crippen molar-refractivity contribution in [2.24, 2.45) is 11.7 Å². The third-order valence-electron chi connectivity index (χ3n) is 4.21. The number of nitrogens with two attached hydrogens (primary N) is 1. The van der Waals surface area contributed by atoms with Gasteiger partial charge >= 0.3 is 0 Å². The summed E-state index contributed by atoms with van der Waals surface area (Å²) in [5, 5.41) is 0. The van der Waals surface area contributed by atoms with E-state index in [1.807, 2.05) is 0 Å². The number of hydrogen-bond acceptors (Lipinski definition) is 3. The van der Waals surface area contributed by atoms with Crippen LogP contribution in [0, 0.1) is 5.92 Å². The summed E-state index contributed by atoms with van der Waals surface area (Å²) in [7, 11) is 0. The van der Waals surface area contributed by atoms with E-state index in [1.54, 1.807) is 0 Å². The van der Waals surface area contributed by atoms with Crippen molar-refractivity contribution < 1.29 is 4.74 Å². The Morgan fingerprint density at radius 3 is 2.80 bits per heavy atom. The van der Waals surface area contributed by atoms with Crippen molar-refractivity contribution in [1.82, 2.24) is 4.90 Å². The van der Waals surface area contributed by atoms with Gasteiger partial charge in [0.1, 0.15) is 12.4 Å². The maximum atomic E-state index is 5.84. The molecule has 1 fully saturated rings. The van der Waals surface area contributed by atoms with Gasteiger partial charge in [-0.2, -0.15) is 0 Å². The molecule has 1 heterocycles. The van der Waals surface area contributed by atoms with E-state index >= 15 is 0 Å². The molecule has 1 atom stereocenters. The Labute approximate surface area is 123 Å². The molecular weight excluding hydrogens is 248 g/mol.